The first-order valence-corrected chi connectivity index (χ1v) is 3.13. The van der Waals surface area contributed by atoms with Crippen LogP contribution < -0.4 is 5.32 Å². The molecule has 1 aliphatic heterocycles. The van der Waals surface area contributed by atoms with Crippen molar-refractivity contribution in [1.82, 2.24) is 5.32 Å². The van der Waals surface area contributed by atoms with Crippen molar-refractivity contribution in [2.24, 2.45) is 0 Å². The molecule has 1 rings (SSSR count). The molecule has 1 atom stereocenters. The van der Waals surface area contributed by atoms with Crippen LogP contribution in [-0.4, -0.2) is 25.7 Å². The lowest BCUT2D eigenvalue weighted by Gasteiger charge is -2.16. The molecule has 0 aliphatic carbocycles. The van der Waals surface area contributed by atoms with E-state index in [-0.39, 0.29) is 6.23 Å². The summed E-state index contributed by atoms with van der Waals surface area (Å²) < 4.78 is 10.6. The summed E-state index contributed by atoms with van der Waals surface area (Å²) in [5, 5.41) is 2.97. The summed E-state index contributed by atoms with van der Waals surface area (Å²) in [7, 11) is 1.86. The Labute approximate surface area is 55.3 Å². The van der Waals surface area contributed by atoms with Crippen molar-refractivity contribution < 1.29 is 9.47 Å². The Morgan fingerprint density at radius 1 is 1.56 bits per heavy atom. The first-order valence-electron chi connectivity index (χ1n) is 3.13. The predicted molar refractivity (Wildman–Crippen MR) is 34.0 cm³/mol. The minimum atomic E-state index is -0.395. The Hall–Kier alpha value is -0.120. The van der Waals surface area contributed by atoms with Crippen LogP contribution >= 0.6 is 0 Å². The van der Waals surface area contributed by atoms with Crippen molar-refractivity contribution in [3.8, 4) is 0 Å². The Morgan fingerprint density at radius 3 is 2.44 bits per heavy atom. The van der Waals surface area contributed by atoms with Crippen molar-refractivity contribution in [2.75, 3.05) is 13.7 Å². The fourth-order valence-corrected chi connectivity index (χ4v) is 0.829. The van der Waals surface area contributed by atoms with Gasteiger partial charge in [-0.3, -0.25) is 5.32 Å². The van der Waals surface area contributed by atoms with E-state index in [4.69, 9.17) is 9.47 Å². The van der Waals surface area contributed by atoms with Crippen LogP contribution in [0.2, 0.25) is 0 Å². The lowest BCUT2D eigenvalue weighted by atomic mass is 10.4. The van der Waals surface area contributed by atoms with E-state index in [0.717, 1.165) is 0 Å². The summed E-state index contributed by atoms with van der Waals surface area (Å²) in [6.45, 7) is 4.46. The molecule has 3 nitrogen and oxygen atoms in total. The molecule has 0 aromatic carbocycles. The van der Waals surface area contributed by atoms with Gasteiger partial charge in [-0.15, -0.1) is 0 Å². The molecule has 1 fully saturated rings. The van der Waals surface area contributed by atoms with Gasteiger partial charge in [0.25, 0.3) is 0 Å². The Morgan fingerprint density at radius 2 is 2.22 bits per heavy atom. The monoisotopic (exact) mass is 131 g/mol. The maximum Gasteiger partial charge on any atom is 0.165 e. The fraction of sp³-hybridized carbons (Fsp3) is 1.00. The van der Waals surface area contributed by atoms with Crippen LogP contribution in [0.5, 0.6) is 0 Å². The number of hydrogen-bond donors (Lipinski definition) is 1. The lowest BCUT2D eigenvalue weighted by molar-refractivity contribution is -0.141. The van der Waals surface area contributed by atoms with Crippen molar-refractivity contribution in [2.45, 2.75) is 25.9 Å². The molecule has 0 aromatic heterocycles. The van der Waals surface area contributed by atoms with Crippen LogP contribution in [0.4, 0.5) is 0 Å². The summed E-state index contributed by atoms with van der Waals surface area (Å²) in [5.41, 5.74) is 0. The molecule has 0 aromatic rings. The van der Waals surface area contributed by atoms with Crippen LogP contribution in [0.25, 0.3) is 0 Å². The van der Waals surface area contributed by atoms with Crippen LogP contribution in [0, 0.1) is 0 Å². The Bertz CT molecular complexity index is 103. The van der Waals surface area contributed by atoms with Crippen LogP contribution in [0.1, 0.15) is 13.8 Å². The molecular formula is C6H13NO2. The van der Waals surface area contributed by atoms with Gasteiger partial charge in [0.1, 0.15) is 6.23 Å². The maximum atomic E-state index is 5.36. The molecule has 1 saturated heterocycles. The average Bonchev–Trinajstić information content (AvgIpc) is 2.10. The second-order valence-corrected chi connectivity index (χ2v) is 2.61. The molecular weight excluding hydrogens is 118 g/mol. The normalized spacial score (nSPS) is 33.0. The van der Waals surface area contributed by atoms with Crippen molar-refractivity contribution in [1.29, 1.82) is 0 Å². The van der Waals surface area contributed by atoms with Crippen LogP contribution in [-0.2, 0) is 9.47 Å². The topological polar surface area (TPSA) is 30.5 Å². The van der Waals surface area contributed by atoms with E-state index in [9.17, 15) is 0 Å². The van der Waals surface area contributed by atoms with E-state index < -0.39 is 5.79 Å². The molecule has 1 heterocycles. The van der Waals surface area contributed by atoms with Gasteiger partial charge in [-0.05, 0) is 20.9 Å². The molecule has 0 spiro atoms. The van der Waals surface area contributed by atoms with Crippen molar-refractivity contribution >= 4 is 0 Å². The maximum absolute atomic E-state index is 5.36. The van der Waals surface area contributed by atoms with Crippen LogP contribution in [0.3, 0.4) is 0 Å². The summed E-state index contributed by atoms with van der Waals surface area (Å²) in [6, 6.07) is 0. The molecule has 54 valence electrons. The zero-order chi connectivity index (χ0) is 6.91. The Kier molecular flexibility index (Phi) is 1.75. The fourth-order valence-electron chi connectivity index (χ4n) is 0.829. The number of hydrogen-bond acceptors (Lipinski definition) is 3. The minimum Gasteiger partial charge on any atom is -0.346 e. The average molecular weight is 131 g/mol. The number of likely N-dealkylation sites (N-methyl/N-ethyl adjacent to an activating group) is 1. The molecule has 9 heavy (non-hydrogen) atoms. The summed E-state index contributed by atoms with van der Waals surface area (Å²) in [6.07, 6.45) is 0.0694. The quantitative estimate of drug-likeness (QED) is 0.555. The molecule has 1 N–H and O–H groups in total. The van der Waals surface area contributed by atoms with E-state index in [1.807, 2.05) is 20.9 Å². The number of nitrogens with one attached hydrogen (secondary N) is 1. The second kappa shape index (κ2) is 2.25. The highest BCUT2D eigenvalue weighted by Gasteiger charge is 2.31. The lowest BCUT2D eigenvalue weighted by Crippen LogP contribution is -2.29. The highest BCUT2D eigenvalue weighted by atomic mass is 16.7. The van der Waals surface area contributed by atoms with Crippen molar-refractivity contribution in [3.63, 3.8) is 0 Å². The third-order valence-electron chi connectivity index (χ3n) is 1.33. The number of ether oxygens (including phenoxy) is 2. The van der Waals surface area contributed by atoms with E-state index >= 15 is 0 Å². The van der Waals surface area contributed by atoms with E-state index in [1.54, 1.807) is 0 Å². The molecule has 0 amide bonds. The second-order valence-electron chi connectivity index (χ2n) is 2.61. The number of rotatable bonds is 1. The van der Waals surface area contributed by atoms with Gasteiger partial charge in [0.2, 0.25) is 0 Å². The van der Waals surface area contributed by atoms with Crippen molar-refractivity contribution in [3.05, 3.63) is 0 Å². The minimum absolute atomic E-state index is 0.0694. The zero-order valence-corrected chi connectivity index (χ0v) is 6.10. The summed E-state index contributed by atoms with van der Waals surface area (Å²) in [4.78, 5) is 0. The Balaban J connectivity index is 2.38. The third kappa shape index (κ3) is 1.64. The first-order chi connectivity index (χ1) is 4.14. The van der Waals surface area contributed by atoms with Gasteiger partial charge in [0.15, 0.2) is 5.79 Å². The highest BCUT2D eigenvalue weighted by molar-refractivity contribution is 4.66. The third-order valence-corrected chi connectivity index (χ3v) is 1.33. The van der Waals surface area contributed by atoms with Gasteiger partial charge in [-0.2, -0.15) is 0 Å². The van der Waals surface area contributed by atoms with Gasteiger partial charge in [0, 0.05) is 0 Å². The largest absolute Gasteiger partial charge is 0.346 e. The molecule has 0 saturated carbocycles. The smallest absolute Gasteiger partial charge is 0.165 e. The van der Waals surface area contributed by atoms with Gasteiger partial charge in [-0.1, -0.05) is 0 Å². The summed E-state index contributed by atoms with van der Waals surface area (Å²) >= 11 is 0. The SMILES string of the molecule is CN[C@@H]1COC(C)(C)O1. The van der Waals surface area contributed by atoms with Gasteiger partial charge in [-0.25, -0.2) is 0 Å². The van der Waals surface area contributed by atoms with E-state index in [1.165, 1.54) is 0 Å². The highest BCUT2D eigenvalue weighted by Crippen LogP contribution is 2.19. The molecule has 1 aliphatic rings. The predicted octanol–water partition coefficient (Wildman–Crippen LogP) is 0.315. The molecule has 3 heteroatoms. The van der Waals surface area contributed by atoms with Gasteiger partial charge in [0.05, 0.1) is 6.61 Å². The molecule has 0 unspecified atom stereocenters. The first kappa shape index (κ1) is 6.99. The van der Waals surface area contributed by atoms with Crippen LogP contribution in [0.15, 0.2) is 0 Å². The molecule has 0 radical (unpaired) electrons. The summed E-state index contributed by atoms with van der Waals surface area (Å²) in [5.74, 6) is -0.395. The zero-order valence-electron chi connectivity index (χ0n) is 6.10. The van der Waals surface area contributed by atoms with E-state index in [0.29, 0.717) is 6.61 Å². The van der Waals surface area contributed by atoms with Gasteiger partial charge < -0.3 is 9.47 Å². The standard InChI is InChI=1S/C6H13NO2/c1-6(2)8-4-5(7-3)9-6/h5,7H,4H2,1-3H3/t5-/m0/s1. The van der Waals surface area contributed by atoms with E-state index in [2.05, 4.69) is 5.32 Å². The molecule has 0 bridgehead atoms. The van der Waals surface area contributed by atoms with Gasteiger partial charge >= 0.3 is 0 Å².